The van der Waals surface area contributed by atoms with E-state index in [2.05, 4.69) is 0 Å². The van der Waals surface area contributed by atoms with E-state index in [1.807, 2.05) is 0 Å². The minimum absolute atomic E-state index is 0.151. The first-order chi connectivity index (χ1) is 13.6. The number of aliphatic hydroxyl groups excluding tert-OH is 1. The number of carbonyl (C=O) groups is 1. The lowest BCUT2D eigenvalue weighted by Crippen LogP contribution is -2.50. The van der Waals surface area contributed by atoms with E-state index >= 15 is 0 Å². The molecule has 1 amide bonds. The smallest absolute Gasteiger partial charge is 0.404 e. The first-order valence-electron chi connectivity index (χ1n) is 8.93. The van der Waals surface area contributed by atoms with E-state index < -0.39 is 40.4 Å². The van der Waals surface area contributed by atoms with Gasteiger partial charge in [-0.05, 0) is 37.6 Å². The number of nitrogens with two attached hydrogens (primary N) is 1. The van der Waals surface area contributed by atoms with Gasteiger partial charge in [-0.15, -0.1) is 0 Å². The predicted molar refractivity (Wildman–Crippen MR) is 101 cm³/mol. The number of nitro benzene ring substituents is 1. The number of aliphatic hydroxyl groups is 1. The summed E-state index contributed by atoms with van der Waals surface area (Å²) in [5, 5.41) is 22.2. The highest BCUT2D eigenvalue weighted by Gasteiger charge is 2.47. The summed E-state index contributed by atoms with van der Waals surface area (Å²) in [6.45, 7) is 3.14. The SMILES string of the molecule is CC1(C)Oc2cc([N+](=O)[O-])ccc2C(C(COC(N)=O)c2ccc(F)cc2)C1O. The summed E-state index contributed by atoms with van der Waals surface area (Å²) >= 11 is 0. The maximum absolute atomic E-state index is 13.4. The fourth-order valence-electron chi connectivity index (χ4n) is 3.67. The molecule has 2 aromatic carbocycles. The number of ether oxygens (including phenoxy) is 2. The van der Waals surface area contributed by atoms with E-state index in [-0.39, 0.29) is 18.0 Å². The molecule has 0 fully saturated rings. The van der Waals surface area contributed by atoms with Crippen LogP contribution >= 0.6 is 0 Å². The monoisotopic (exact) mass is 404 g/mol. The highest BCUT2D eigenvalue weighted by atomic mass is 19.1. The number of halogens is 1. The largest absolute Gasteiger partial charge is 0.485 e. The Bertz CT molecular complexity index is 931. The zero-order valence-electron chi connectivity index (χ0n) is 15.9. The second-order valence-corrected chi connectivity index (χ2v) is 7.44. The summed E-state index contributed by atoms with van der Waals surface area (Å²) < 4.78 is 24.3. The number of hydrogen-bond donors (Lipinski definition) is 2. The standard InChI is InChI=1S/C20H21FN2O6/c1-20(2)18(24)17(14-8-7-13(23(26)27)9-16(14)29-20)15(10-28-19(22)25)11-3-5-12(21)6-4-11/h3-9,15,17-18,24H,10H2,1-2H3,(H2,22,25). The molecule has 1 aliphatic rings. The molecule has 0 spiro atoms. The van der Waals surface area contributed by atoms with E-state index in [0.29, 0.717) is 11.1 Å². The van der Waals surface area contributed by atoms with Gasteiger partial charge in [0.15, 0.2) is 0 Å². The number of non-ortho nitro benzene ring substituents is 1. The van der Waals surface area contributed by atoms with Crippen molar-refractivity contribution in [3.63, 3.8) is 0 Å². The Kier molecular flexibility index (Phi) is 5.43. The third-order valence-electron chi connectivity index (χ3n) is 5.13. The van der Waals surface area contributed by atoms with Gasteiger partial charge in [0.2, 0.25) is 0 Å². The molecule has 0 aromatic heterocycles. The summed E-state index contributed by atoms with van der Waals surface area (Å²) in [5.74, 6) is -1.43. The van der Waals surface area contributed by atoms with Gasteiger partial charge in [0, 0.05) is 23.5 Å². The Morgan fingerprint density at radius 2 is 2.00 bits per heavy atom. The average molecular weight is 404 g/mol. The quantitative estimate of drug-likeness (QED) is 0.582. The summed E-state index contributed by atoms with van der Waals surface area (Å²) in [7, 11) is 0. The number of benzene rings is 2. The van der Waals surface area contributed by atoms with Gasteiger partial charge in [0.05, 0.1) is 11.0 Å². The van der Waals surface area contributed by atoms with Crippen LogP contribution in [0.3, 0.4) is 0 Å². The molecule has 3 atom stereocenters. The molecule has 8 nitrogen and oxygen atoms in total. The third-order valence-corrected chi connectivity index (χ3v) is 5.13. The van der Waals surface area contributed by atoms with Crippen LogP contribution in [0.5, 0.6) is 5.75 Å². The first kappa shape index (κ1) is 20.5. The van der Waals surface area contributed by atoms with E-state index in [1.54, 1.807) is 13.8 Å². The Labute approximate surface area is 166 Å². The number of hydrogen-bond acceptors (Lipinski definition) is 6. The van der Waals surface area contributed by atoms with Gasteiger partial charge in [-0.2, -0.15) is 0 Å². The molecule has 3 rings (SSSR count). The topological polar surface area (TPSA) is 125 Å². The zero-order valence-corrected chi connectivity index (χ0v) is 15.9. The van der Waals surface area contributed by atoms with Gasteiger partial charge in [-0.25, -0.2) is 9.18 Å². The number of nitro groups is 1. The van der Waals surface area contributed by atoms with Gasteiger partial charge < -0.3 is 20.3 Å². The van der Waals surface area contributed by atoms with Gasteiger partial charge in [-0.3, -0.25) is 10.1 Å². The first-order valence-corrected chi connectivity index (χ1v) is 8.93. The van der Waals surface area contributed by atoms with Crippen LogP contribution in [0.15, 0.2) is 42.5 Å². The second-order valence-electron chi connectivity index (χ2n) is 7.44. The number of fused-ring (bicyclic) bond motifs is 1. The number of primary amides is 1. The molecule has 0 aliphatic carbocycles. The Morgan fingerprint density at radius 3 is 2.59 bits per heavy atom. The molecule has 3 unspecified atom stereocenters. The molecule has 2 aromatic rings. The molecule has 1 heterocycles. The van der Waals surface area contributed by atoms with Crippen molar-refractivity contribution in [2.75, 3.05) is 6.61 Å². The van der Waals surface area contributed by atoms with Gasteiger partial charge in [-0.1, -0.05) is 12.1 Å². The minimum Gasteiger partial charge on any atom is -0.485 e. The molecule has 3 N–H and O–H groups in total. The fraction of sp³-hybridized carbons (Fsp3) is 0.350. The fourth-order valence-corrected chi connectivity index (χ4v) is 3.67. The normalized spacial score (nSPS) is 20.8. The summed E-state index contributed by atoms with van der Waals surface area (Å²) in [6.07, 6.45) is -2.04. The molecular formula is C20H21FN2O6. The zero-order chi connectivity index (χ0) is 21.3. The van der Waals surface area contributed by atoms with Crippen molar-refractivity contribution in [1.29, 1.82) is 0 Å². The van der Waals surface area contributed by atoms with Crippen molar-refractivity contribution in [3.8, 4) is 5.75 Å². The molecule has 0 radical (unpaired) electrons. The molecule has 9 heteroatoms. The Balaban J connectivity index is 2.13. The van der Waals surface area contributed by atoms with Crippen molar-refractivity contribution in [2.24, 2.45) is 5.73 Å². The van der Waals surface area contributed by atoms with Crippen LogP contribution in [0, 0.1) is 15.9 Å². The lowest BCUT2D eigenvalue weighted by Gasteiger charge is -2.44. The van der Waals surface area contributed by atoms with Crippen molar-refractivity contribution in [3.05, 3.63) is 69.5 Å². The van der Waals surface area contributed by atoms with Gasteiger partial charge in [0.1, 0.15) is 29.9 Å². The summed E-state index contributed by atoms with van der Waals surface area (Å²) in [5.41, 5.74) is 5.02. The molecule has 0 saturated carbocycles. The maximum Gasteiger partial charge on any atom is 0.404 e. The predicted octanol–water partition coefficient (Wildman–Crippen LogP) is 3.23. The molecule has 0 saturated heterocycles. The lowest BCUT2D eigenvalue weighted by atomic mass is 9.72. The third kappa shape index (κ3) is 4.14. The second kappa shape index (κ2) is 7.67. The van der Waals surface area contributed by atoms with Gasteiger partial charge >= 0.3 is 6.09 Å². The van der Waals surface area contributed by atoms with Crippen LogP contribution in [0.4, 0.5) is 14.9 Å². The van der Waals surface area contributed by atoms with Crippen molar-refractivity contribution in [1.82, 2.24) is 0 Å². The van der Waals surface area contributed by atoms with Crippen molar-refractivity contribution in [2.45, 2.75) is 37.4 Å². The molecule has 154 valence electrons. The molecule has 0 bridgehead atoms. The van der Waals surface area contributed by atoms with Gasteiger partial charge in [0.25, 0.3) is 5.69 Å². The molecular weight excluding hydrogens is 383 g/mol. The highest BCUT2D eigenvalue weighted by molar-refractivity contribution is 5.64. The highest BCUT2D eigenvalue weighted by Crippen LogP contribution is 2.48. The number of rotatable bonds is 5. The van der Waals surface area contributed by atoms with Crippen LogP contribution in [-0.4, -0.2) is 34.4 Å². The van der Waals surface area contributed by atoms with Crippen LogP contribution < -0.4 is 10.5 Å². The lowest BCUT2D eigenvalue weighted by molar-refractivity contribution is -0.385. The Hall–Kier alpha value is -3.20. The van der Waals surface area contributed by atoms with E-state index in [1.165, 1.54) is 42.5 Å². The number of nitrogens with zero attached hydrogens (tertiary/aromatic N) is 1. The molecule has 29 heavy (non-hydrogen) atoms. The van der Waals surface area contributed by atoms with Crippen molar-refractivity contribution >= 4 is 11.8 Å². The van der Waals surface area contributed by atoms with Crippen LogP contribution in [0.25, 0.3) is 0 Å². The van der Waals surface area contributed by atoms with E-state index in [4.69, 9.17) is 15.2 Å². The van der Waals surface area contributed by atoms with Crippen LogP contribution in [0.2, 0.25) is 0 Å². The van der Waals surface area contributed by atoms with Crippen LogP contribution in [0.1, 0.15) is 36.8 Å². The van der Waals surface area contributed by atoms with Crippen LogP contribution in [-0.2, 0) is 4.74 Å². The molecule has 1 aliphatic heterocycles. The van der Waals surface area contributed by atoms with E-state index in [0.717, 1.165) is 0 Å². The van der Waals surface area contributed by atoms with Crippen molar-refractivity contribution < 1.29 is 28.7 Å². The summed E-state index contributed by atoms with van der Waals surface area (Å²) in [4.78, 5) is 21.8. The summed E-state index contributed by atoms with van der Waals surface area (Å²) in [6, 6.07) is 9.72. The number of amides is 1. The maximum atomic E-state index is 13.4. The minimum atomic E-state index is -1.09. The Morgan fingerprint density at radius 1 is 1.34 bits per heavy atom. The number of carbonyl (C=O) groups excluding carboxylic acids is 1. The average Bonchev–Trinajstić information content (AvgIpc) is 2.64. The van der Waals surface area contributed by atoms with E-state index in [9.17, 15) is 24.4 Å².